The van der Waals surface area contributed by atoms with Crippen LogP contribution in [0.25, 0.3) is 0 Å². The first-order chi connectivity index (χ1) is 5.97. The summed E-state index contributed by atoms with van der Waals surface area (Å²) in [5.74, 6) is 0.507. The van der Waals surface area contributed by atoms with E-state index in [9.17, 15) is 8.42 Å². The lowest BCUT2D eigenvalue weighted by Gasteiger charge is -2.25. The molecule has 0 spiro atoms. The average molecular weight is 270 g/mol. The summed E-state index contributed by atoms with van der Waals surface area (Å²) in [7, 11) is -3.01. The lowest BCUT2D eigenvalue weighted by Crippen LogP contribution is -2.31. The SMILES string of the molecule is CS(=O)(=O)NCC1CCCC(Br)C1. The van der Waals surface area contributed by atoms with Crippen LogP contribution in [-0.2, 0) is 10.0 Å². The van der Waals surface area contributed by atoms with Crippen LogP contribution in [0.4, 0.5) is 0 Å². The number of hydrogen-bond acceptors (Lipinski definition) is 2. The minimum atomic E-state index is -3.01. The lowest BCUT2D eigenvalue weighted by molar-refractivity contribution is 0.368. The second kappa shape index (κ2) is 4.75. The zero-order chi connectivity index (χ0) is 9.90. The Morgan fingerprint density at radius 1 is 1.46 bits per heavy atom. The van der Waals surface area contributed by atoms with E-state index in [1.807, 2.05) is 0 Å². The summed E-state index contributed by atoms with van der Waals surface area (Å²) in [6.45, 7) is 0.598. The molecule has 0 aromatic heterocycles. The van der Waals surface area contributed by atoms with E-state index in [1.54, 1.807) is 0 Å². The monoisotopic (exact) mass is 269 g/mol. The highest BCUT2D eigenvalue weighted by molar-refractivity contribution is 9.09. The van der Waals surface area contributed by atoms with Crippen molar-refractivity contribution in [3.05, 3.63) is 0 Å². The van der Waals surface area contributed by atoms with Gasteiger partial charge in [-0.25, -0.2) is 13.1 Å². The number of halogens is 1. The molecule has 1 aliphatic carbocycles. The van der Waals surface area contributed by atoms with Crippen LogP contribution in [0, 0.1) is 5.92 Å². The van der Waals surface area contributed by atoms with Crippen LogP contribution >= 0.6 is 15.9 Å². The Kier molecular flexibility index (Phi) is 4.19. The van der Waals surface area contributed by atoms with Crippen molar-refractivity contribution in [1.82, 2.24) is 4.72 Å². The van der Waals surface area contributed by atoms with Crippen molar-refractivity contribution in [1.29, 1.82) is 0 Å². The maximum absolute atomic E-state index is 10.8. The normalized spacial score (nSPS) is 30.3. The molecule has 1 rings (SSSR count). The Labute approximate surface area is 88.5 Å². The molecule has 1 fully saturated rings. The van der Waals surface area contributed by atoms with Crippen molar-refractivity contribution < 1.29 is 8.42 Å². The molecule has 1 aliphatic rings. The molecule has 0 radical (unpaired) electrons. The Hall–Kier alpha value is 0.390. The van der Waals surface area contributed by atoms with E-state index in [1.165, 1.54) is 19.1 Å². The van der Waals surface area contributed by atoms with Gasteiger partial charge >= 0.3 is 0 Å². The van der Waals surface area contributed by atoms with Crippen LogP contribution in [0.5, 0.6) is 0 Å². The molecule has 1 N–H and O–H groups in total. The predicted molar refractivity (Wildman–Crippen MR) is 57.5 cm³/mol. The third-order valence-corrected chi connectivity index (χ3v) is 3.88. The molecule has 5 heteroatoms. The maximum Gasteiger partial charge on any atom is 0.208 e. The van der Waals surface area contributed by atoms with E-state index in [4.69, 9.17) is 0 Å². The van der Waals surface area contributed by atoms with Crippen LogP contribution < -0.4 is 4.72 Å². The first kappa shape index (κ1) is 11.5. The summed E-state index contributed by atoms with van der Waals surface area (Å²) < 4.78 is 24.2. The smallest absolute Gasteiger partial charge is 0.208 e. The Balaban J connectivity index is 2.29. The maximum atomic E-state index is 10.8. The average Bonchev–Trinajstić information content (AvgIpc) is 2.00. The van der Waals surface area contributed by atoms with Gasteiger partial charge in [0.05, 0.1) is 6.26 Å². The molecule has 0 aromatic rings. The Morgan fingerprint density at radius 3 is 2.69 bits per heavy atom. The quantitative estimate of drug-likeness (QED) is 0.790. The molecular formula is C8H16BrNO2S. The van der Waals surface area contributed by atoms with Gasteiger partial charge in [0.1, 0.15) is 0 Å². The van der Waals surface area contributed by atoms with Crippen molar-refractivity contribution in [2.75, 3.05) is 12.8 Å². The van der Waals surface area contributed by atoms with Gasteiger partial charge in [0.15, 0.2) is 0 Å². The highest BCUT2D eigenvalue weighted by Gasteiger charge is 2.20. The highest BCUT2D eigenvalue weighted by atomic mass is 79.9. The zero-order valence-corrected chi connectivity index (χ0v) is 10.2. The topological polar surface area (TPSA) is 46.2 Å². The lowest BCUT2D eigenvalue weighted by atomic mass is 9.89. The molecule has 13 heavy (non-hydrogen) atoms. The van der Waals surface area contributed by atoms with Crippen LogP contribution in [0.3, 0.4) is 0 Å². The Morgan fingerprint density at radius 2 is 2.15 bits per heavy atom. The van der Waals surface area contributed by atoms with Crippen molar-refractivity contribution >= 4 is 26.0 Å². The number of sulfonamides is 1. The minimum Gasteiger partial charge on any atom is -0.215 e. The van der Waals surface area contributed by atoms with E-state index < -0.39 is 10.0 Å². The number of hydrogen-bond donors (Lipinski definition) is 1. The highest BCUT2D eigenvalue weighted by Crippen LogP contribution is 2.28. The zero-order valence-electron chi connectivity index (χ0n) is 7.79. The molecule has 0 aliphatic heterocycles. The number of alkyl halides is 1. The molecule has 0 saturated heterocycles. The summed E-state index contributed by atoms with van der Waals surface area (Å²) in [4.78, 5) is 0.576. The van der Waals surface area contributed by atoms with E-state index in [-0.39, 0.29) is 0 Å². The molecule has 1 saturated carbocycles. The largest absolute Gasteiger partial charge is 0.215 e. The third kappa shape index (κ3) is 4.98. The summed E-state index contributed by atoms with van der Waals surface area (Å²) in [5.41, 5.74) is 0. The van der Waals surface area contributed by atoms with Crippen LogP contribution in [0.15, 0.2) is 0 Å². The van der Waals surface area contributed by atoms with Gasteiger partial charge in [-0.1, -0.05) is 22.4 Å². The fourth-order valence-electron chi connectivity index (χ4n) is 1.68. The molecule has 2 atom stereocenters. The molecule has 78 valence electrons. The van der Waals surface area contributed by atoms with Gasteiger partial charge in [-0.3, -0.25) is 0 Å². The standard InChI is InChI=1S/C8H16BrNO2S/c1-13(11,12)10-6-7-3-2-4-8(9)5-7/h7-8,10H,2-6H2,1H3. The van der Waals surface area contributed by atoms with Crippen molar-refractivity contribution in [3.8, 4) is 0 Å². The summed E-state index contributed by atoms with van der Waals surface area (Å²) in [6.07, 6.45) is 5.86. The van der Waals surface area contributed by atoms with E-state index in [0.29, 0.717) is 17.3 Å². The van der Waals surface area contributed by atoms with Crippen molar-refractivity contribution in [3.63, 3.8) is 0 Å². The van der Waals surface area contributed by atoms with Gasteiger partial charge in [-0.05, 0) is 25.2 Å². The summed E-state index contributed by atoms with van der Waals surface area (Å²) in [5, 5.41) is 0. The number of nitrogens with one attached hydrogen (secondary N) is 1. The first-order valence-electron chi connectivity index (χ1n) is 4.56. The molecule has 0 amide bonds. The van der Waals surface area contributed by atoms with E-state index >= 15 is 0 Å². The molecule has 0 heterocycles. The van der Waals surface area contributed by atoms with Crippen molar-refractivity contribution in [2.45, 2.75) is 30.5 Å². The van der Waals surface area contributed by atoms with E-state index in [0.717, 1.165) is 12.8 Å². The molecule has 3 nitrogen and oxygen atoms in total. The van der Waals surface area contributed by atoms with Crippen LogP contribution in [0.1, 0.15) is 25.7 Å². The fraction of sp³-hybridized carbons (Fsp3) is 1.00. The van der Waals surface area contributed by atoms with E-state index in [2.05, 4.69) is 20.7 Å². The second-order valence-corrected chi connectivity index (χ2v) is 6.88. The van der Waals surface area contributed by atoms with Gasteiger partial charge in [0.2, 0.25) is 10.0 Å². The van der Waals surface area contributed by atoms with Gasteiger partial charge in [0, 0.05) is 11.4 Å². The summed E-state index contributed by atoms with van der Waals surface area (Å²) >= 11 is 3.57. The van der Waals surface area contributed by atoms with Gasteiger partial charge in [-0.15, -0.1) is 0 Å². The summed E-state index contributed by atoms with van der Waals surface area (Å²) in [6, 6.07) is 0. The molecule has 0 bridgehead atoms. The van der Waals surface area contributed by atoms with Gasteiger partial charge in [-0.2, -0.15) is 0 Å². The fourth-order valence-corrected chi connectivity index (χ4v) is 3.07. The number of rotatable bonds is 3. The first-order valence-corrected chi connectivity index (χ1v) is 7.37. The minimum absolute atomic E-state index is 0.507. The Bertz CT molecular complexity index is 253. The molecular weight excluding hydrogens is 254 g/mol. The third-order valence-electron chi connectivity index (χ3n) is 2.35. The van der Waals surface area contributed by atoms with Gasteiger partial charge < -0.3 is 0 Å². The van der Waals surface area contributed by atoms with Crippen LogP contribution in [0.2, 0.25) is 0 Å². The second-order valence-electron chi connectivity index (χ2n) is 3.75. The predicted octanol–water partition coefficient (Wildman–Crippen LogP) is 1.49. The van der Waals surface area contributed by atoms with Crippen molar-refractivity contribution in [2.24, 2.45) is 5.92 Å². The molecule has 0 aromatic carbocycles. The van der Waals surface area contributed by atoms with Gasteiger partial charge in [0.25, 0.3) is 0 Å². The molecule has 2 unspecified atom stereocenters. The van der Waals surface area contributed by atoms with Crippen LogP contribution in [-0.4, -0.2) is 26.0 Å².